The average molecular weight is 548 g/mol. The number of nitrogens with zero attached hydrogens (tertiary/aromatic N) is 2. The molecule has 1 heterocycles. The highest BCUT2D eigenvalue weighted by atomic mass is 16.6. The van der Waals surface area contributed by atoms with Gasteiger partial charge in [0.15, 0.2) is 11.5 Å². The molecule has 0 unspecified atom stereocenters. The van der Waals surface area contributed by atoms with Crippen molar-refractivity contribution in [3.63, 3.8) is 0 Å². The molecule has 1 N–H and O–H groups in total. The Kier molecular flexibility index (Phi) is 11.3. The zero-order chi connectivity index (χ0) is 28.6. The van der Waals surface area contributed by atoms with Crippen molar-refractivity contribution in [3.8, 4) is 11.5 Å². The molecular weight excluding hydrogens is 498 g/mol. The predicted molar refractivity (Wildman–Crippen MR) is 152 cm³/mol. The van der Waals surface area contributed by atoms with E-state index in [0.717, 1.165) is 32.4 Å². The fourth-order valence-electron chi connectivity index (χ4n) is 4.84. The minimum atomic E-state index is -0.217. The SMILES string of the molecule is COCCCOc1cc(C(=O)N(C[C@H]2CNC[C@H]2CN(C(=O)OCC(C)(C)C)C2CC2)C(C)C)ccc1OC. The van der Waals surface area contributed by atoms with Gasteiger partial charge >= 0.3 is 6.09 Å². The molecule has 1 aliphatic heterocycles. The van der Waals surface area contributed by atoms with Crippen LogP contribution < -0.4 is 14.8 Å². The normalized spacial score (nSPS) is 19.2. The molecule has 0 radical (unpaired) electrons. The molecule has 2 aliphatic rings. The number of hydrogen-bond acceptors (Lipinski definition) is 7. The van der Waals surface area contributed by atoms with Gasteiger partial charge in [-0.15, -0.1) is 0 Å². The van der Waals surface area contributed by atoms with E-state index in [0.29, 0.717) is 50.0 Å². The third kappa shape index (κ3) is 9.28. The molecule has 2 amide bonds. The maximum atomic E-state index is 13.7. The molecule has 0 bridgehead atoms. The van der Waals surface area contributed by atoms with Crippen LogP contribution in [0, 0.1) is 17.3 Å². The molecule has 1 aromatic rings. The van der Waals surface area contributed by atoms with Gasteiger partial charge in [-0.25, -0.2) is 4.79 Å². The van der Waals surface area contributed by atoms with Crippen LogP contribution in [0.2, 0.25) is 0 Å². The summed E-state index contributed by atoms with van der Waals surface area (Å²) in [5, 5.41) is 3.50. The van der Waals surface area contributed by atoms with Crippen LogP contribution in [-0.2, 0) is 9.47 Å². The summed E-state index contributed by atoms with van der Waals surface area (Å²) >= 11 is 0. The smallest absolute Gasteiger partial charge is 0.410 e. The van der Waals surface area contributed by atoms with Gasteiger partial charge in [0.2, 0.25) is 0 Å². The van der Waals surface area contributed by atoms with Crippen molar-refractivity contribution in [1.29, 1.82) is 0 Å². The van der Waals surface area contributed by atoms with E-state index in [1.807, 2.05) is 23.6 Å². The Bertz CT molecular complexity index is 943. The zero-order valence-electron chi connectivity index (χ0n) is 25.0. The van der Waals surface area contributed by atoms with Crippen molar-refractivity contribution in [2.75, 3.05) is 60.2 Å². The Hall–Kier alpha value is -2.52. The highest BCUT2D eigenvalue weighted by Gasteiger charge is 2.39. The molecule has 220 valence electrons. The van der Waals surface area contributed by atoms with Crippen molar-refractivity contribution in [2.45, 2.75) is 66.0 Å². The lowest BCUT2D eigenvalue weighted by molar-refractivity contribution is 0.0573. The van der Waals surface area contributed by atoms with Crippen LogP contribution in [0.25, 0.3) is 0 Å². The number of nitrogens with one attached hydrogen (secondary N) is 1. The lowest BCUT2D eigenvalue weighted by Crippen LogP contribution is -2.45. The van der Waals surface area contributed by atoms with Gasteiger partial charge in [0, 0.05) is 64.0 Å². The molecule has 1 saturated carbocycles. The first-order valence-electron chi connectivity index (χ1n) is 14.3. The number of carbonyl (C=O) groups is 2. The topological polar surface area (TPSA) is 89.6 Å². The highest BCUT2D eigenvalue weighted by molar-refractivity contribution is 5.95. The molecule has 1 aromatic carbocycles. The number of rotatable bonds is 14. The van der Waals surface area contributed by atoms with Crippen LogP contribution >= 0.6 is 0 Å². The number of ether oxygens (including phenoxy) is 4. The van der Waals surface area contributed by atoms with Crippen LogP contribution in [0.4, 0.5) is 4.79 Å². The van der Waals surface area contributed by atoms with Crippen LogP contribution in [0.1, 0.15) is 64.2 Å². The molecule has 2 atom stereocenters. The monoisotopic (exact) mass is 547 g/mol. The van der Waals surface area contributed by atoms with E-state index in [1.165, 1.54) is 0 Å². The third-order valence-corrected chi connectivity index (χ3v) is 7.24. The quantitative estimate of drug-likeness (QED) is 0.344. The number of methoxy groups -OCH3 is 2. The number of carbonyl (C=O) groups excluding carboxylic acids is 2. The molecule has 1 aliphatic carbocycles. The summed E-state index contributed by atoms with van der Waals surface area (Å²) in [5.41, 5.74) is 0.496. The minimum Gasteiger partial charge on any atom is -0.493 e. The maximum Gasteiger partial charge on any atom is 0.410 e. The lowest BCUT2D eigenvalue weighted by Gasteiger charge is -2.33. The molecule has 39 heavy (non-hydrogen) atoms. The van der Waals surface area contributed by atoms with Crippen LogP contribution in [0.3, 0.4) is 0 Å². The number of hydrogen-bond donors (Lipinski definition) is 1. The van der Waals surface area contributed by atoms with E-state index >= 15 is 0 Å². The van der Waals surface area contributed by atoms with Crippen LogP contribution in [0.15, 0.2) is 18.2 Å². The molecular formula is C30H49N3O6. The number of amides is 2. The van der Waals surface area contributed by atoms with Crippen molar-refractivity contribution >= 4 is 12.0 Å². The van der Waals surface area contributed by atoms with E-state index in [9.17, 15) is 9.59 Å². The van der Waals surface area contributed by atoms with Gasteiger partial charge in [-0.2, -0.15) is 0 Å². The van der Waals surface area contributed by atoms with Gasteiger partial charge in [-0.3, -0.25) is 4.79 Å². The van der Waals surface area contributed by atoms with E-state index < -0.39 is 0 Å². The molecule has 9 nitrogen and oxygen atoms in total. The lowest BCUT2D eigenvalue weighted by atomic mass is 9.94. The Balaban J connectivity index is 1.68. The fourth-order valence-corrected chi connectivity index (χ4v) is 4.84. The van der Waals surface area contributed by atoms with Crippen molar-refractivity contribution in [1.82, 2.24) is 15.1 Å². The molecule has 3 rings (SSSR count). The van der Waals surface area contributed by atoms with Gasteiger partial charge in [-0.1, -0.05) is 20.8 Å². The third-order valence-electron chi connectivity index (χ3n) is 7.24. The first-order chi connectivity index (χ1) is 18.5. The Labute approximate surface area is 234 Å². The van der Waals surface area contributed by atoms with Gasteiger partial charge in [-0.05, 0) is 62.1 Å². The fraction of sp³-hybridized carbons (Fsp3) is 0.733. The Morgan fingerprint density at radius 1 is 1.03 bits per heavy atom. The molecule has 2 fully saturated rings. The van der Waals surface area contributed by atoms with Gasteiger partial charge in [0.1, 0.15) is 0 Å². The van der Waals surface area contributed by atoms with E-state index in [4.69, 9.17) is 18.9 Å². The second-order valence-corrected chi connectivity index (χ2v) is 12.3. The van der Waals surface area contributed by atoms with Gasteiger partial charge < -0.3 is 34.1 Å². The second-order valence-electron chi connectivity index (χ2n) is 12.3. The summed E-state index contributed by atoms with van der Waals surface area (Å²) < 4.78 is 22.1. The first kappa shape index (κ1) is 31.0. The molecule has 9 heteroatoms. The minimum absolute atomic E-state index is 0.0169. The second kappa shape index (κ2) is 14.2. The van der Waals surface area contributed by atoms with Crippen molar-refractivity contribution in [2.24, 2.45) is 17.3 Å². The average Bonchev–Trinajstić information content (AvgIpc) is 3.64. The molecule has 1 saturated heterocycles. The van der Waals surface area contributed by atoms with E-state index in [2.05, 4.69) is 26.1 Å². The maximum absolute atomic E-state index is 13.7. The summed E-state index contributed by atoms with van der Waals surface area (Å²) in [7, 11) is 3.25. The first-order valence-corrected chi connectivity index (χ1v) is 14.3. The van der Waals surface area contributed by atoms with Crippen LogP contribution in [0.5, 0.6) is 11.5 Å². The summed E-state index contributed by atoms with van der Waals surface area (Å²) in [6, 6.07) is 5.64. The zero-order valence-corrected chi connectivity index (χ0v) is 25.0. The number of benzene rings is 1. The predicted octanol–water partition coefficient (Wildman–Crippen LogP) is 4.44. The van der Waals surface area contributed by atoms with Crippen LogP contribution in [-0.4, -0.2) is 94.1 Å². The molecule has 0 aromatic heterocycles. The van der Waals surface area contributed by atoms with Crippen molar-refractivity contribution in [3.05, 3.63) is 23.8 Å². The summed E-state index contributed by atoms with van der Waals surface area (Å²) in [5.74, 6) is 1.59. The summed E-state index contributed by atoms with van der Waals surface area (Å²) in [6.07, 6.45) is 2.58. The van der Waals surface area contributed by atoms with Crippen molar-refractivity contribution < 1.29 is 28.5 Å². The van der Waals surface area contributed by atoms with E-state index in [1.54, 1.807) is 32.4 Å². The van der Waals surface area contributed by atoms with E-state index in [-0.39, 0.29) is 41.3 Å². The molecule has 0 spiro atoms. The van der Waals surface area contributed by atoms with Gasteiger partial charge in [0.25, 0.3) is 5.91 Å². The Morgan fingerprint density at radius 3 is 2.31 bits per heavy atom. The largest absolute Gasteiger partial charge is 0.493 e. The highest BCUT2D eigenvalue weighted by Crippen LogP contribution is 2.32. The summed E-state index contributed by atoms with van der Waals surface area (Å²) in [6.45, 7) is 14.6. The van der Waals surface area contributed by atoms with Gasteiger partial charge in [0.05, 0.1) is 20.3 Å². The standard InChI is InChI=1S/C30H49N3O6/c1-21(2)32(28(34)22-9-12-26(37-7)27(15-22)38-14-8-13-36-6)18-23-16-31-17-24(23)19-33(25-10-11-25)29(35)39-20-30(3,4)5/h9,12,15,21,23-25,31H,8,10-11,13-14,16-20H2,1-7H3/t23-,24+/m1/s1. The Morgan fingerprint density at radius 2 is 1.72 bits per heavy atom. The summed E-state index contributed by atoms with van der Waals surface area (Å²) in [4.78, 5) is 30.6.